The van der Waals surface area contributed by atoms with Crippen LogP contribution in [0, 0.1) is 5.82 Å². The number of hydrogen-bond acceptors (Lipinski definition) is 5. The molecule has 1 aliphatic heterocycles. The van der Waals surface area contributed by atoms with E-state index in [2.05, 4.69) is 4.99 Å². The summed E-state index contributed by atoms with van der Waals surface area (Å²) >= 11 is 6.12. The predicted octanol–water partition coefficient (Wildman–Crippen LogP) is 5.04. The van der Waals surface area contributed by atoms with Gasteiger partial charge in [-0.05, 0) is 48.0 Å². The van der Waals surface area contributed by atoms with Gasteiger partial charge in [-0.3, -0.25) is 0 Å². The third-order valence-electron chi connectivity index (χ3n) is 4.21. The Labute approximate surface area is 176 Å². The second kappa shape index (κ2) is 8.31. The minimum absolute atomic E-state index is 0.112. The van der Waals surface area contributed by atoms with E-state index in [0.717, 1.165) is 0 Å². The van der Waals surface area contributed by atoms with Gasteiger partial charge in [0.1, 0.15) is 11.6 Å². The minimum atomic E-state index is -0.799. The maximum Gasteiger partial charge on any atom is 0.363 e. The van der Waals surface area contributed by atoms with Gasteiger partial charge in [0.25, 0.3) is 0 Å². The van der Waals surface area contributed by atoms with E-state index in [-0.39, 0.29) is 22.9 Å². The third kappa shape index (κ3) is 4.14. The number of benzene rings is 3. The summed E-state index contributed by atoms with van der Waals surface area (Å²) in [7, 11) is 0. The maximum absolute atomic E-state index is 13.7. The van der Waals surface area contributed by atoms with Crippen molar-refractivity contribution in [3.8, 4) is 5.75 Å². The summed E-state index contributed by atoms with van der Waals surface area (Å²) in [5.74, 6) is -1.68. The lowest BCUT2D eigenvalue weighted by Gasteiger charge is -2.05. The Morgan fingerprint density at radius 1 is 1.00 bits per heavy atom. The molecule has 0 spiro atoms. The number of carbonyl (C=O) groups is 2. The highest BCUT2D eigenvalue weighted by atomic mass is 35.5. The number of halogens is 2. The molecule has 1 aliphatic rings. The number of aliphatic imine (C=N–C) groups is 1. The molecule has 4 rings (SSSR count). The fourth-order valence-corrected chi connectivity index (χ4v) is 2.95. The molecular weight excluding hydrogens is 409 g/mol. The van der Waals surface area contributed by atoms with Crippen LogP contribution in [-0.4, -0.2) is 17.8 Å². The molecule has 3 aromatic rings. The number of carbonyl (C=O) groups excluding carboxylic acids is 2. The summed E-state index contributed by atoms with van der Waals surface area (Å²) < 4.78 is 24.1. The molecule has 0 amide bonds. The first-order valence-electron chi connectivity index (χ1n) is 8.85. The van der Waals surface area contributed by atoms with Gasteiger partial charge in [-0.25, -0.2) is 19.0 Å². The lowest BCUT2D eigenvalue weighted by atomic mass is 10.2. The highest BCUT2D eigenvalue weighted by molar-refractivity contribution is 6.34. The van der Waals surface area contributed by atoms with Crippen LogP contribution in [0.15, 0.2) is 83.5 Å². The van der Waals surface area contributed by atoms with Crippen LogP contribution in [0.25, 0.3) is 6.08 Å². The van der Waals surface area contributed by atoms with E-state index in [1.165, 1.54) is 36.4 Å². The lowest BCUT2D eigenvalue weighted by molar-refractivity contribution is -0.129. The first-order valence-corrected chi connectivity index (χ1v) is 9.23. The number of esters is 2. The standard InChI is InChI=1S/C23H13ClFNO4/c24-18-7-3-1-5-16(18)21-26-20(23(28)30-21)13-14-9-11-15(12-10-14)29-22(27)17-6-2-4-8-19(17)25/h1-13H/b20-13+. The Kier molecular flexibility index (Phi) is 5.41. The fraction of sp³-hybridized carbons (Fsp3) is 0. The van der Waals surface area contributed by atoms with E-state index >= 15 is 0 Å². The molecule has 0 aromatic heterocycles. The molecule has 0 saturated carbocycles. The molecule has 148 valence electrons. The molecule has 1 heterocycles. The van der Waals surface area contributed by atoms with E-state index in [9.17, 15) is 14.0 Å². The molecule has 0 unspecified atom stereocenters. The molecule has 0 radical (unpaired) electrons. The molecule has 3 aromatic carbocycles. The largest absolute Gasteiger partial charge is 0.423 e. The van der Waals surface area contributed by atoms with Crippen molar-refractivity contribution >= 4 is 35.5 Å². The van der Waals surface area contributed by atoms with Gasteiger partial charge in [0.05, 0.1) is 16.1 Å². The average Bonchev–Trinajstić information content (AvgIpc) is 3.10. The second-order valence-corrected chi connectivity index (χ2v) is 6.66. The van der Waals surface area contributed by atoms with Crippen LogP contribution >= 0.6 is 11.6 Å². The average molecular weight is 422 g/mol. The van der Waals surface area contributed by atoms with E-state index in [4.69, 9.17) is 21.1 Å². The van der Waals surface area contributed by atoms with Crippen LogP contribution in [-0.2, 0) is 9.53 Å². The molecule has 0 bridgehead atoms. The van der Waals surface area contributed by atoms with Crippen molar-refractivity contribution < 1.29 is 23.5 Å². The Bertz CT molecular complexity index is 1200. The number of ether oxygens (including phenoxy) is 2. The molecule has 0 N–H and O–H groups in total. The topological polar surface area (TPSA) is 65.0 Å². The number of nitrogens with zero attached hydrogens (tertiary/aromatic N) is 1. The summed E-state index contributed by atoms with van der Waals surface area (Å²) in [6.07, 6.45) is 1.54. The van der Waals surface area contributed by atoms with Crippen molar-refractivity contribution in [1.29, 1.82) is 0 Å². The highest BCUT2D eigenvalue weighted by Gasteiger charge is 2.25. The molecule has 0 saturated heterocycles. The summed E-state index contributed by atoms with van der Waals surface area (Å²) in [6.45, 7) is 0. The Balaban J connectivity index is 1.51. The zero-order valence-electron chi connectivity index (χ0n) is 15.3. The fourth-order valence-electron chi connectivity index (χ4n) is 2.74. The molecule has 0 aliphatic carbocycles. The summed E-state index contributed by atoms with van der Waals surface area (Å²) in [5, 5.41) is 0.423. The van der Waals surface area contributed by atoms with Gasteiger partial charge in [-0.15, -0.1) is 0 Å². The van der Waals surface area contributed by atoms with Crippen molar-refractivity contribution in [2.75, 3.05) is 0 Å². The van der Waals surface area contributed by atoms with Gasteiger partial charge < -0.3 is 9.47 Å². The van der Waals surface area contributed by atoms with E-state index < -0.39 is 17.8 Å². The van der Waals surface area contributed by atoms with Crippen LogP contribution in [0.3, 0.4) is 0 Å². The summed E-state index contributed by atoms with van der Waals surface area (Å²) in [6, 6.07) is 18.8. The molecule has 0 atom stereocenters. The Morgan fingerprint density at radius 3 is 2.43 bits per heavy atom. The van der Waals surface area contributed by atoms with Crippen molar-refractivity contribution in [1.82, 2.24) is 0 Å². The molecule has 0 fully saturated rings. The van der Waals surface area contributed by atoms with Gasteiger partial charge in [-0.2, -0.15) is 0 Å². The smallest absolute Gasteiger partial charge is 0.363 e. The van der Waals surface area contributed by atoms with Crippen LogP contribution in [0.4, 0.5) is 4.39 Å². The first-order chi connectivity index (χ1) is 14.5. The molecule has 7 heteroatoms. The molecule has 5 nitrogen and oxygen atoms in total. The SMILES string of the molecule is O=C1OC(c2ccccc2Cl)=N/C1=C/c1ccc(OC(=O)c2ccccc2F)cc1. The van der Waals surface area contributed by atoms with Crippen molar-refractivity contribution in [3.63, 3.8) is 0 Å². The van der Waals surface area contributed by atoms with Crippen LogP contribution in [0.2, 0.25) is 5.02 Å². The van der Waals surface area contributed by atoms with Crippen LogP contribution in [0.1, 0.15) is 21.5 Å². The van der Waals surface area contributed by atoms with Crippen molar-refractivity contribution in [2.24, 2.45) is 4.99 Å². The van der Waals surface area contributed by atoms with Gasteiger partial charge in [0, 0.05) is 0 Å². The van der Waals surface area contributed by atoms with Crippen molar-refractivity contribution in [3.05, 3.63) is 106 Å². The maximum atomic E-state index is 13.7. The normalized spacial score (nSPS) is 14.4. The third-order valence-corrected chi connectivity index (χ3v) is 4.54. The van der Waals surface area contributed by atoms with Crippen LogP contribution in [0.5, 0.6) is 5.75 Å². The number of cyclic esters (lactones) is 1. The molecule has 30 heavy (non-hydrogen) atoms. The Morgan fingerprint density at radius 2 is 1.70 bits per heavy atom. The number of hydrogen-bond donors (Lipinski definition) is 0. The minimum Gasteiger partial charge on any atom is -0.423 e. The predicted molar refractivity (Wildman–Crippen MR) is 110 cm³/mol. The van der Waals surface area contributed by atoms with Gasteiger partial charge in [0.15, 0.2) is 5.70 Å². The number of rotatable bonds is 4. The zero-order valence-corrected chi connectivity index (χ0v) is 16.1. The van der Waals surface area contributed by atoms with Gasteiger partial charge in [0.2, 0.25) is 5.90 Å². The monoisotopic (exact) mass is 421 g/mol. The van der Waals surface area contributed by atoms with E-state index in [1.54, 1.807) is 42.5 Å². The summed E-state index contributed by atoms with van der Waals surface area (Å²) in [4.78, 5) is 28.4. The van der Waals surface area contributed by atoms with Gasteiger partial charge >= 0.3 is 11.9 Å². The highest BCUT2D eigenvalue weighted by Crippen LogP contribution is 2.24. The van der Waals surface area contributed by atoms with Crippen molar-refractivity contribution in [2.45, 2.75) is 0 Å². The molecular formula is C23H13ClFNO4. The Hall–Kier alpha value is -3.77. The van der Waals surface area contributed by atoms with E-state index in [0.29, 0.717) is 16.1 Å². The quantitative estimate of drug-likeness (QED) is 0.336. The second-order valence-electron chi connectivity index (χ2n) is 6.25. The van der Waals surface area contributed by atoms with Gasteiger partial charge in [-0.1, -0.05) is 48.0 Å². The van der Waals surface area contributed by atoms with E-state index in [1.807, 2.05) is 0 Å². The van der Waals surface area contributed by atoms with Crippen LogP contribution < -0.4 is 4.74 Å². The summed E-state index contributed by atoms with van der Waals surface area (Å²) in [5.41, 5.74) is 1.11. The first kappa shape index (κ1) is 19.5. The lowest BCUT2D eigenvalue weighted by Crippen LogP contribution is -2.10. The zero-order chi connectivity index (χ0) is 21.1.